The molecule has 1 unspecified atom stereocenters. The van der Waals surface area contributed by atoms with E-state index in [-0.39, 0.29) is 0 Å². The Bertz CT molecular complexity index is 474. The van der Waals surface area contributed by atoms with E-state index in [0.717, 1.165) is 5.69 Å². The van der Waals surface area contributed by atoms with Crippen LogP contribution in [0.25, 0.3) is 11.3 Å². The minimum absolute atomic E-state index is 0.339. The summed E-state index contributed by atoms with van der Waals surface area (Å²) in [7, 11) is 3.99. The van der Waals surface area contributed by atoms with Gasteiger partial charge in [-0.05, 0) is 19.5 Å². The number of hydrogen-bond acceptors (Lipinski definition) is 2. The molecule has 0 aliphatic carbocycles. The van der Waals surface area contributed by atoms with Crippen LogP contribution in [0.1, 0.15) is 18.5 Å². The van der Waals surface area contributed by atoms with Crippen LogP contribution in [0, 0.1) is 0 Å². The molecule has 0 saturated heterocycles. The lowest BCUT2D eigenvalue weighted by atomic mass is 9.99. The Morgan fingerprint density at radius 1 is 1.31 bits per heavy atom. The molecule has 3 nitrogen and oxygen atoms in total. The van der Waals surface area contributed by atoms with Crippen molar-refractivity contribution in [1.29, 1.82) is 0 Å². The third-order valence-corrected chi connectivity index (χ3v) is 2.95. The van der Waals surface area contributed by atoms with E-state index < -0.39 is 0 Å². The largest absolute Gasteiger partial charge is 0.334 e. The Morgan fingerprint density at radius 2 is 2.06 bits per heavy atom. The lowest BCUT2D eigenvalue weighted by Crippen LogP contribution is -2.13. The van der Waals surface area contributed by atoms with Crippen LogP contribution in [0.4, 0.5) is 0 Å². The number of aromatic nitrogens is 2. The molecular formula is C13H17N3. The van der Waals surface area contributed by atoms with Crippen LogP contribution >= 0.6 is 0 Å². The van der Waals surface area contributed by atoms with Gasteiger partial charge in [0.05, 0.1) is 18.2 Å². The van der Waals surface area contributed by atoms with Gasteiger partial charge in [0.15, 0.2) is 0 Å². The molecule has 16 heavy (non-hydrogen) atoms. The molecule has 0 bridgehead atoms. The number of rotatable bonds is 3. The first-order valence-electron chi connectivity index (χ1n) is 5.47. The van der Waals surface area contributed by atoms with Gasteiger partial charge in [-0.2, -0.15) is 0 Å². The van der Waals surface area contributed by atoms with E-state index in [0.29, 0.717) is 6.04 Å². The molecule has 0 radical (unpaired) electrons. The second kappa shape index (κ2) is 4.49. The van der Waals surface area contributed by atoms with Gasteiger partial charge < -0.3 is 9.88 Å². The van der Waals surface area contributed by atoms with Crippen molar-refractivity contribution in [2.45, 2.75) is 13.0 Å². The molecule has 2 aromatic rings. The van der Waals surface area contributed by atoms with Gasteiger partial charge in [0, 0.05) is 18.7 Å². The monoisotopic (exact) mass is 215 g/mol. The third kappa shape index (κ3) is 1.86. The smallest absolute Gasteiger partial charge is 0.0948 e. The summed E-state index contributed by atoms with van der Waals surface area (Å²) >= 11 is 0. The van der Waals surface area contributed by atoms with Crippen molar-refractivity contribution in [2.24, 2.45) is 7.05 Å². The van der Waals surface area contributed by atoms with Crippen molar-refractivity contribution in [1.82, 2.24) is 14.9 Å². The molecule has 0 aliphatic heterocycles. The fraction of sp³-hybridized carbons (Fsp3) is 0.308. The van der Waals surface area contributed by atoms with Crippen molar-refractivity contribution in [3.63, 3.8) is 0 Å². The van der Waals surface area contributed by atoms with E-state index in [2.05, 4.69) is 41.5 Å². The quantitative estimate of drug-likeness (QED) is 0.851. The summed E-state index contributed by atoms with van der Waals surface area (Å²) in [6.07, 6.45) is 3.73. The first-order chi connectivity index (χ1) is 7.74. The summed E-state index contributed by atoms with van der Waals surface area (Å²) in [6, 6.07) is 8.77. The summed E-state index contributed by atoms with van der Waals surface area (Å²) < 4.78 is 2.04. The second-order valence-corrected chi connectivity index (χ2v) is 3.99. The zero-order chi connectivity index (χ0) is 11.5. The van der Waals surface area contributed by atoms with Crippen LogP contribution in [0.2, 0.25) is 0 Å². The van der Waals surface area contributed by atoms with Gasteiger partial charge in [0.25, 0.3) is 0 Å². The van der Waals surface area contributed by atoms with Gasteiger partial charge in [0.2, 0.25) is 0 Å². The normalized spacial score (nSPS) is 12.7. The molecule has 1 N–H and O–H groups in total. The van der Waals surface area contributed by atoms with Crippen molar-refractivity contribution in [3.05, 3.63) is 42.4 Å². The molecule has 1 aromatic heterocycles. The number of imidazole rings is 1. The minimum atomic E-state index is 0.339. The van der Waals surface area contributed by atoms with Crippen molar-refractivity contribution >= 4 is 0 Å². The molecule has 1 aromatic carbocycles. The van der Waals surface area contributed by atoms with E-state index in [1.165, 1.54) is 11.1 Å². The average molecular weight is 215 g/mol. The first-order valence-corrected chi connectivity index (χ1v) is 5.47. The summed E-state index contributed by atoms with van der Waals surface area (Å²) in [4.78, 5) is 4.17. The van der Waals surface area contributed by atoms with Crippen LogP contribution in [-0.2, 0) is 7.05 Å². The Kier molecular flexibility index (Phi) is 3.06. The standard InChI is InChI=1S/C13H17N3/c1-10(14-2)11-6-4-5-7-12(11)13-8-15-9-16(13)3/h4-10,14H,1-3H3. The third-order valence-electron chi connectivity index (χ3n) is 2.95. The minimum Gasteiger partial charge on any atom is -0.334 e. The SMILES string of the molecule is CNC(C)c1ccccc1-c1cncn1C. The molecular weight excluding hydrogens is 198 g/mol. The maximum atomic E-state index is 4.17. The molecule has 0 aliphatic rings. The highest BCUT2D eigenvalue weighted by molar-refractivity contribution is 5.64. The van der Waals surface area contributed by atoms with Crippen LogP contribution in [-0.4, -0.2) is 16.6 Å². The Hall–Kier alpha value is -1.61. The van der Waals surface area contributed by atoms with Crippen molar-refractivity contribution < 1.29 is 0 Å². The first kappa shape index (κ1) is 10.9. The predicted octanol–water partition coefficient (Wildman–Crippen LogP) is 2.37. The molecule has 0 saturated carbocycles. The second-order valence-electron chi connectivity index (χ2n) is 3.99. The fourth-order valence-electron chi connectivity index (χ4n) is 1.88. The lowest BCUT2D eigenvalue weighted by Gasteiger charge is -2.15. The molecule has 3 heteroatoms. The predicted molar refractivity (Wildman–Crippen MR) is 66.1 cm³/mol. The number of benzene rings is 1. The Labute approximate surface area is 96.1 Å². The van der Waals surface area contributed by atoms with E-state index in [4.69, 9.17) is 0 Å². The maximum Gasteiger partial charge on any atom is 0.0948 e. The van der Waals surface area contributed by atoms with Gasteiger partial charge >= 0.3 is 0 Å². The summed E-state index contributed by atoms with van der Waals surface area (Å²) in [5.74, 6) is 0. The zero-order valence-corrected chi connectivity index (χ0v) is 9.94. The van der Waals surface area contributed by atoms with E-state index in [1.807, 2.05) is 31.2 Å². The van der Waals surface area contributed by atoms with Gasteiger partial charge in [-0.15, -0.1) is 0 Å². The van der Waals surface area contributed by atoms with Gasteiger partial charge in [0.1, 0.15) is 0 Å². The van der Waals surface area contributed by atoms with Crippen LogP contribution in [0.3, 0.4) is 0 Å². The molecule has 1 atom stereocenters. The summed E-state index contributed by atoms with van der Waals surface area (Å²) in [6.45, 7) is 2.16. The van der Waals surface area contributed by atoms with Gasteiger partial charge in [-0.1, -0.05) is 24.3 Å². The lowest BCUT2D eigenvalue weighted by molar-refractivity contribution is 0.653. The molecule has 0 fully saturated rings. The highest BCUT2D eigenvalue weighted by Crippen LogP contribution is 2.27. The van der Waals surface area contributed by atoms with Crippen LogP contribution < -0.4 is 5.32 Å². The molecule has 84 valence electrons. The molecule has 1 heterocycles. The molecule has 2 rings (SSSR count). The Morgan fingerprint density at radius 3 is 2.69 bits per heavy atom. The number of nitrogens with one attached hydrogen (secondary N) is 1. The number of nitrogens with zero attached hydrogens (tertiary/aromatic N) is 2. The molecule has 0 spiro atoms. The molecule has 0 amide bonds. The van der Waals surface area contributed by atoms with Gasteiger partial charge in [-0.3, -0.25) is 0 Å². The maximum absolute atomic E-state index is 4.17. The zero-order valence-electron chi connectivity index (χ0n) is 9.94. The number of aryl methyl sites for hydroxylation is 1. The summed E-state index contributed by atoms with van der Waals surface area (Å²) in [5.41, 5.74) is 3.69. The number of hydrogen-bond donors (Lipinski definition) is 1. The highest BCUT2D eigenvalue weighted by Gasteiger charge is 2.11. The van der Waals surface area contributed by atoms with Crippen molar-refractivity contribution in [2.75, 3.05) is 7.05 Å². The summed E-state index contributed by atoms with van der Waals surface area (Å²) in [5, 5.41) is 3.27. The van der Waals surface area contributed by atoms with Crippen LogP contribution in [0.15, 0.2) is 36.8 Å². The topological polar surface area (TPSA) is 29.9 Å². The Balaban J connectivity index is 2.53. The fourth-order valence-corrected chi connectivity index (χ4v) is 1.88. The average Bonchev–Trinajstić information content (AvgIpc) is 2.74. The van der Waals surface area contributed by atoms with E-state index in [9.17, 15) is 0 Å². The van der Waals surface area contributed by atoms with Gasteiger partial charge in [-0.25, -0.2) is 4.98 Å². The van der Waals surface area contributed by atoms with Crippen LogP contribution in [0.5, 0.6) is 0 Å². The van der Waals surface area contributed by atoms with E-state index >= 15 is 0 Å². The van der Waals surface area contributed by atoms with E-state index in [1.54, 1.807) is 0 Å². The van der Waals surface area contributed by atoms with Crippen molar-refractivity contribution in [3.8, 4) is 11.3 Å². The highest BCUT2D eigenvalue weighted by atomic mass is 15.0.